The van der Waals surface area contributed by atoms with E-state index in [-0.39, 0.29) is 11.9 Å². The number of hydrogen-bond donors (Lipinski definition) is 0. The molecule has 5 nitrogen and oxygen atoms in total. The fourth-order valence-corrected chi connectivity index (χ4v) is 4.16. The second kappa shape index (κ2) is 7.94. The second-order valence-electron chi connectivity index (χ2n) is 5.82. The number of carbonyl (C=O) groups excluding carboxylic acids is 1. The highest BCUT2D eigenvalue weighted by molar-refractivity contribution is 7.99. The Labute approximate surface area is 146 Å². The van der Waals surface area contributed by atoms with Crippen LogP contribution in [-0.2, 0) is 4.74 Å². The zero-order chi connectivity index (χ0) is 16.9. The third-order valence-corrected chi connectivity index (χ3v) is 5.42. The van der Waals surface area contributed by atoms with Crippen molar-refractivity contribution in [3.8, 4) is 5.75 Å². The Kier molecular flexibility index (Phi) is 5.68. The molecular formula is C18H23NO4S. The van der Waals surface area contributed by atoms with Crippen LogP contribution in [0.15, 0.2) is 28.7 Å². The molecule has 1 saturated heterocycles. The highest BCUT2D eigenvalue weighted by atomic mass is 32.2. The number of rotatable bonds is 6. The van der Waals surface area contributed by atoms with Crippen LogP contribution in [0.4, 0.5) is 0 Å². The van der Waals surface area contributed by atoms with Crippen LogP contribution in [0, 0.1) is 0 Å². The van der Waals surface area contributed by atoms with Crippen LogP contribution in [0.1, 0.15) is 23.4 Å². The first-order chi connectivity index (χ1) is 11.7. The summed E-state index contributed by atoms with van der Waals surface area (Å²) in [5, 5.41) is 0.878. The number of benzene rings is 1. The van der Waals surface area contributed by atoms with Gasteiger partial charge in [-0.3, -0.25) is 4.79 Å². The van der Waals surface area contributed by atoms with Gasteiger partial charge in [0.15, 0.2) is 17.1 Å². The molecule has 1 aliphatic heterocycles. The molecule has 0 aliphatic carbocycles. The van der Waals surface area contributed by atoms with E-state index < -0.39 is 0 Å². The number of carbonyl (C=O) groups is 1. The number of fused-ring (bicyclic) bond motifs is 1. The van der Waals surface area contributed by atoms with E-state index in [9.17, 15) is 4.79 Å². The van der Waals surface area contributed by atoms with E-state index in [4.69, 9.17) is 13.9 Å². The molecule has 2 aromatic rings. The minimum atomic E-state index is -0.0674. The monoisotopic (exact) mass is 349 g/mol. The highest BCUT2D eigenvalue weighted by Crippen LogP contribution is 2.30. The Balaban J connectivity index is 1.88. The van der Waals surface area contributed by atoms with Crippen molar-refractivity contribution in [3.05, 3.63) is 30.0 Å². The number of ether oxygens (including phenoxy) is 2. The lowest BCUT2D eigenvalue weighted by Gasteiger charge is -2.33. The van der Waals surface area contributed by atoms with Gasteiger partial charge in [0.2, 0.25) is 0 Å². The topological polar surface area (TPSA) is 51.9 Å². The minimum Gasteiger partial charge on any atom is -0.493 e. The third kappa shape index (κ3) is 3.54. The standard InChI is InChI=1S/C18H23NO4S/c1-21-9-8-19(14-6-10-24-11-7-14)18(20)16-12-13-4-3-5-15(22-2)17(13)23-16/h3-5,12,14H,6-11H2,1-2H3. The molecule has 1 fully saturated rings. The van der Waals surface area contributed by atoms with Crippen molar-refractivity contribution in [1.82, 2.24) is 4.90 Å². The maximum Gasteiger partial charge on any atom is 0.289 e. The Morgan fingerprint density at radius 1 is 1.33 bits per heavy atom. The van der Waals surface area contributed by atoms with Crippen molar-refractivity contribution in [2.24, 2.45) is 0 Å². The quantitative estimate of drug-likeness (QED) is 0.800. The zero-order valence-electron chi connectivity index (χ0n) is 14.1. The summed E-state index contributed by atoms with van der Waals surface area (Å²) in [6.45, 7) is 1.11. The number of hydrogen-bond acceptors (Lipinski definition) is 5. The number of amides is 1. The predicted molar refractivity (Wildman–Crippen MR) is 96.0 cm³/mol. The molecular weight excluding hydrogens is 326 g/mol. The predicted octanol–water partition coefficient (Wildman–Crippen LogP) is 3.43. The zero-order valence-corrected chi connectivity index (χ0v) is 14.9. The van der Waals surface area contributed by atoms with Gasteiger partial charge in [-0.05, 0) is 36.5 Å². The number of nitrogens with zero attached hydrogens (tertiary/aromatic N) is 1. The third-order valence-electron chi connectivity index (χ3n) is 4.37. The van der Waals surface area contributed by atoms with Crippen molar-refractivity contribution in [3.63, 3.8) is 0 Å². The van der Waals surface area contributed by atoms with Gasteiger partial charge in [0.05, 0.1) is 13.7 Å². The smallest absolute Gasteiger partial charge is 0.289 e. The number of para-hydroxylation sites is 1. The highest BCUT2D eigenvalue weighted by Gasteiger charge is 2.28. The molecule has 6 heteroatoms. The lowest BCUT2D eigenvalue weighted by Crippen LogP contribution is -2.44. The van der Waals surface area contributed by atoms with E-state index in [0.29, 0.717) is 30.2 Å². The molecule has 1 aromatic carbocycles. The van der Waals surface area contributed by atoms with Crippen LogP contribution in [0.25, 0.3) is 11.0 Å². The summed E-state index contributed by atoms with van der Waals surface area (Å²) in [5.74, 6) is 3.13. The van der Waals surface area contributed by atoms with Crippen LogP contribution < -0.4 is 4.74 Å². The Hall–Kier alpha value is -1.66. The molecule has 0 radical (unpaired) electrons. The van der Waals surface area contributed by atoms with Crippen LogP contribution >= 0.6 is 11.8 Å². The van der Waals surface area contributed by atoms with E-state index in [1.807, 2.05) is 34.9 Å². The second-order valence-corrected chi connectivity index (χ2v) is 7.05. The molecule has 24 heavy (non-hydrogen) atoms. The van der Waals surface area contributed by atoms with Gasteiger partial charge in [-0.1, -0.05) is 12.1 Å². The first kappa shape index (κ1) is 17.2. The van der Waals surface area contributed by atoms with E-state index in [1.165, 1.54) is 0 Å². The molecule has 130 valence electrons. The van der Waals surface area contributed by atoms with Gasteiger partial charge < -0.3 is 18.8 Å². The van der Waals surface area contributed by atoms with Gasteiger partial charge in [-0.25, -0.2) is 0 Å². The molecule has 0 bridgehead atoms. The van der Waals surface area contributed by atoms with Gasteiger partial charge in [0.25, 0.3) is 5.91 Å². The van der Waals surface area contributed by atoms with Crippen LogP contribution in [0.5, 0.6) is 5.75 Å². The Morgan fingerprint density at radius 2 is 2.12 bits per heavy atom. The molecule has 0 spiro atoms. The van der Waals surface area contributed by atoms with Crippen LogP contribution in [0.2, 0.25) is 0 Å². The van der Waals surface area contributed by atoms with Gasteiger partial charge in [0.1, 0.15) is 0 Å². The summed E-state index contributed by atoms with van der Waals surface area (Å²) in [6, 6.07) is 7.71. The molecule has 1 amide bonds. The van der Waals surface area contributed by atoms with Crippen molar-refractivity contribution < 1.29 is 18.7 Å². The lowest BCUT2D eigenvalue weighted by atomic mass is 10.1. The van der Waals surface area contributed by atoms with Crippen LogP contribution in [0.3, 0.4) is 0 Å². The summed E-state index contributed by atoms with van der Waals surface area (Å²) in [4.78, 5) is 15.0. The largest absolute Gasteiger partial charge is 0.493 e. The molecule has 0 saturated carbocycles. The number of methoxy groups -OCH3 is 2. The van der Waals surface area contributed by atoms with Gasteiger partial charge in [0, 0.05) is 25.1 Å². The summed E-state index contributed by atoms with van der Waals surface area (Å²) >= 11 is 1.95. The number of thioether (sulfide) groups is 1. The molecule has 1 aromatic heterocycles. The Bertz CT molecular complexity index is 693. The summed E-state index contributed by atoms with van der Waals surface area (Å²) < 4.78 is 16.4. The van der Waals surface area contributed by atoms with E-state index in [0.717, 1.165) is 29.7 Å². The van der Waals surface area contributed by atoms with Gasteiger partial charge in [-0.2, -0.15) is 11.8 Å². The summed E-state index contributed by atoms with van der Waals surface area (Å²) in [7, 11) is 3.26. The van der Waals surface area contributed by atoms with E-state index in [1.54, 1.807) is 20.3 Å². The first-order valence-electron chi connectivity index (χ1n) is 8.18. The maximum atomic E-state index is 13.0. The molecule has 1 aliphatic rings. The SMILES string of the molecule is COCCN(C(=O)c1cc2cccc(OC)c2o1)C1CCSCC1. The fourth-order valence-electron chi connectivity index (χ4n) is 3.08. The van der Waals surface area contributed by atoms with E-state index in [2.05, 4.69) is 0 Å². The van der Waals surface area contributed by atoms with Crippen LogP contribution in [-0.4, -0.2) is 55.7 Å². The first-order valence-corrected chi connectivity index (χ1v) is 9.34. The van der Waals surface area contributed by atoms with Crippen molar-refractivity contribution in [2.75, 3.05) is 38.9 Å². The van der Waals surface area contributed by atoms with Crippen molar-refractivity contribution >= 4 is 28.6 Å². The molecule has 2 heterocycles. The summed E-state index contributed by atoms with van der Waals surface area (Å²) in [5.41, 5.74) is 0.620. The molecule has 0 atom stereocenters. The number of furan rings is 1. The minimum absolute atomic E-state index is 0.0674. The van der Waals surface area contributed by atoms with Gasteiger partial charge >= 0.3 is 0 Å². The summed E-state index contributed by atoms with van der Waals surface area (Å²) in [6.07, 6.45) is 2.04. The molecule has 0 unspecified atom stereocenters. The fraction of sp³-hybridized carbons (Fsp3) is 0.500. The average Bonchev–Trinajstić information content (AvgIpc) is 3.07. The molecule has 0 N–H and O–H groups in total. The molecule has 3 rings (SSSR count). The normalized spacial score (nSPS) is 15.6. The van der Waals surface area contributed by atoms with Crippen molar-refractivity contribution in [1.29, 1.82) is 0 Å². The van der Waals surface area contributed by atoms with Gasteiger partial charge in [-0.15, -0.1) is 0 Å². The lowest BCUT2D eigenvalue weighted by molar-refractivity contribution is 0.0560. The Morgan fingerprint density at radius 3 is 2.83 bits per heavy atom. The average molecular weight is 349 g/mol. The van der Waals surface area contributed by atoms with Crippen molar-refractivity contribution in [2.45, 2.75) is 18.9 Å². The maximum absolute atomic E-state index is 13.0. The van der Waals surface area contributed by atoms with E-state index >= 15 is 0 Å².